The molecular weight excluding hydrogens is 357 g/mol. The van der Waals surface area contributed by atoms with Crippen molar-refractivity contribution in [1.82, 2.24) is 5.32 Å². The van der Waals surface area contributed by atoms with E-state index >= 15 is 0 Å². The van der Waals surface area contributed by atoms with Crippen LogP contribution in [0.3, 0.4) is 0 Å². The largest absolute Gasteiger partial charge is 0.452 e. The molecule has 5 heteroatoms. The first kappa shape index (κ1) is 15.9. The van der Waals surface area contributed by atoms with Crippen molar-refractivity contribution in [3.8, 4) is 0 Å². The Balaban J connectivity index is 2.52. The number of nitrogens with one attached hydrogen (secondary N) is 1. The van der Waals surface area contributed by atoms with Gasteiger partial charge in [0.1, 0.15) is 0 Å². The van der Waals surface area contributed by atoms with E-state index in [0.29, 0.717) is 5.56 Å². The van der Waals surface area contributed by atoms with Gasteiger partial charge in [0, 0.05) is 9.11 Å². The van der Waals surface area contributed by atoms with Gasteiger partial charge in [-0.25, -0.2) is 4.79 Å². The monoisotopic (exact) mass is 375 g/mol. The standard InChI is InChI=1S/C14H18INO3/c1-4-14(2,3)16-12(17)9-19-13(18)10-7-5-6-8-11(10)15/h5-8H,4,9H2,1-3H3,(H,16,17). The van der Waals surface area contributed by atoms with E-state index in [1.54, 1.807) is 12.1 Å². The van der Waals surface area contributed by atoms with E-state index in [4.69, 9.17) is 4.74 Å². The van der Waals surface area contributed by atoms with Gasteiger partial charge in [-0.3, -0.25) is 4.79 Å². The number of rotatable bonds is 5. The van der Waals surface area contributed by atoms with Gasteiger partial charge >= 0.3 is 5.97 Å². The van der Waals surface area contributed by atoms with Crippen molar-refractivity contribution < 1.29 is 14.3 Å². The Kier molecular flexibility index (Phi) is 5.78. The zero-order valence-electron chi connectivity index (χ0n) is 11.3. The highest BCUT2D eigenvalue weighted by molar-refractivity contribution is 14.1. The maximum atomic E-state index is 11.8. The summed E-state index contributed by atoms with van der Waals surface area (Å²) in [7, 11) is 0. The van der Waals surface area contributed by atoms with Gasteiger partial charge in [0.15, 0.2) is 6.61 Å². The van der Waals surface area contributed by atoms with Gasteiger partial charge in [-0.05, 0) is 55.0 Å². The highest BCUT2D eigenvalue weighted by Gasteiger charge is 2.19. The molecule has 1 rings (SSSR count). The molecule has 1 amide bonds. The van der Waals surface area contributed by atoms with Gasteiger partial charge in [0.25, 0.3) is 5.91 Å². The first-order valence-corrected chi connectivity index (χ1v) is 7.16. The maximum absolute atomic E-state index is 11.8. The summed E-state index contributed by atoms with van der Waals surface area (Å²) < 4.78 is 5.81. The Labute approximate surface area is 127 Å². The second kappa shape index (κ2) is 6.88. The minimum atomic E-state index is -0.477. The Morgan fingerprint density at radius 3 is 2.53 bits per heavy atom. The molecule has 0 aliphatic heterocycles. The minimum absolute atomic E-state index is 0.257. The smallest absolute Gasteiger partial charge is 0.339 e. The summed E-state index contributed by atoms with van der Waals surface area (Å²) in [5.74, 6) is -0.763. The third-order valence-corrected chi connectivity index (χ3v) is 3.73. The second-order valence-electron chi connectivity index (χ2n) is 4.84. The average Bonchev–Trinajstić information content (AvgIpc) is 2.36. The molecule has 0 heterocycles. The van der Waals surface area contributed by atoms with Crippen LogP contribution in [0.5, 0.6) is 0 Å². The summed E-state index contributed by atoms with van der Waals surface area (Å²) in [4.78, 5) is 23.4. The highest BCUT2D eigenvalue weighted by Crippen LogP contribution is 2.12. The van der Waals surface area contributed by atoms with Gasteiger partial charge in [-0.1, -0.05) is 19.1 Å². The van der Waals surface area contributed by atoms with Crippen molar-refractivity contribution in [3.05, 3.63) is 33.4 Å². The van der Waals surface area contributed by atoms with Crippen LogP contribution in [-0.4, -0.2) is 24.0 Å². The summed E-state index contributed by atoms with van der Waals surface area (Å²) in [5, 5.41) is 2.81. The molecule has 0 aliphatic rings. The van der Waals surface area contributed by atoms with Crippen LogP contribution >= 0.6 is 22.6 Å². The lowest BCUT2D eigenvalue weighted by molar-refractivity contribution is -0.125. The second-order valence-corrected chi connectivity index (χ2v) is 6.00. The topological polar surface area (TPSA) is 55.4 Å². The molecule has 0 fully saturated rings. The van der Waals surface area contributed by atoms with Crippen LogP contribution in [0.15, 0.2) is 24.3 Å². The first-order valence-electron chi connectivity index (χ1n) is 6.08. The van der Waals surface area contributed by atoms with Crippen molar-refractivity contribution in [1.29, 1.82) is 0 Å². The molecule has 19 heavy (non-hydrogen) atoms. The lowest BCUT2D eigenvalue weighted by atomic mass is 10.0. The normalized spacial score (nSPS) is 10.9. The number of carbonyl (C=O) groups excluding carboxylic acids is 2. The summed E-state index contributed by atoms with van der Waals surface area (Å²) in [6.45, 7) is 5.57. The van der Waals surface area contributed by atoms with Crippen molar-refractivity contribution in [2.45, 2.75) is 32.7 Å². The van der Waals surface area contributed by atoms with E-state index in [9.17, 15) is 9.59 Å². The zero-order chi connectivity index (χ0) is 14.5. The number of halogens is 1. The Morgan fingerprint density at radius 1 is 1.32 bits per heavy atom. The quantitative estimate of drug-likeness (QED) is 0.636. The molecule has 0 saturated carbocycles. The van der Waals surface area contributed by atoms with Gasteiger partial charge in [-0.2, -0.15) is 0 Å². The van der Waals surface area contributed by atoms with Crippen molar-refractivity contribution >= 4 is 34.5 Å². The molecule has 104 valence electrons. The van der Waals surface area contributed by atoms with Crippen LogP contribution < -0.4 is 5.32 Å². The number of ether oxygens (including phenoxy) is 1. The Hall–Kier alpha value is -1.11. The number of hydrogen-bond acceptors (Lipinski definition) is 3. The minimum Gasteiger partial charge on any atom is -0.452 e. The van der Waals surface area contributed by atoms with E-state index in [0.717, 1.165) is 9.99 Å². The van der Waals surface area contributed by atoms with E-state index in [1.807, 2.05) is 32.9 Å². The van der Waals surface area contributed by atoms with Gasteiger partial charge in [0.05, 0.1) is 5.56 Å². The molecule has 1 N–H and O–H groups in total. The number of amides is 1. The molecule has 0 unspecified atom stereocenters. The SMILES string of the molecule is CCC(C)(C)NC(=O)COC(=O)c1ccccc1I. The van der Waals surface area contributed by atoms with Gasteiger partial charge in [0.2, 0.25) is 0 Å². The van der Waals surface area contributed by atoms with Gasteiger partial charge < -0.3 is 10.1 Å². The maximum Gasteiger partial charge on any atom is 0.339 e. The summed E-state index contributed by atoms with van der Waals surface area (Å²) in [5.41, 5.74) is 0.190. The first-order chi connectivity index (χ1) is 8.85. The van der Waals surface area contributed by atoms with Crippen LogP contribution in [-0.2, 0) is 9.53 Å². The number of esters is 1. The Bertz CT molecular complexity index is 472. The molecule has 1 aromatic carbocycles. The highest BCUT2D eigenvalue weighted by atomic mass is 127. The van der Waals surface area contributed by atoms with E-state index in [-0.39, 0.29) is 18.1 Å². The molecule has 0 aromatic heterocycles. The van der Waals surface area contributed by atoms with Crippen LogP contribution in [0.4, 0.5) is 0 Å². The molecule has 0 atom stereocenters. The van der Waals surface area contributed by atoms with E-state index in [2.05, 4.69) is 27.9 Å². The third kappa shape index (κ3) is 5.18. The molecule has 1 aromatic rings. The van der Waals surface area contributed by atoms with Crippen LogP contribution in [0, 0.1) is 3.57 Å². The van der Waals surface area contributed by atoms with Crippen LogP contribution in [0.2, 0.25) is 0 Å². The summed E-state index contributed by atoms with van der Waals surface area (Å²) in [6, 6.07) is 7.10. The molecule has 0 spiro atoms. The lowest BCUT2D eigenvalue weighted by Gasteiger charge is -2.24. The number of benzene rings is 1. The predicted molar refractivity (Wildman–Crippen MR) is 82.0 cm³/mol. The number of carbonyl (C=O) groups is 2. The van der Waals surface area contributed by atoms with E-state index < -0.39 is 5.97 Å². The molecule has 0 aliphatic carbocycles. The van der Waals surface area contributed by atoms with Crippen LogP contribution in [0.25, 0.3) is 0 Å². The van der Waals surface area contributed by atoms with Gasteiger partial charge in [-0.15, -0.1) is 0 Å². The fourth-order valence-electron chi connectivity index (χ4n) is 1.34. The third-order valence-electron chi connectivity index (χ3n) is 2.79. The molecular formula is C14H18INO3. The summed E-state index contributed by atoms with van der Waals surface area (Å²) in [6.07, 6.45) is 0.809. The van der Waals surface area contributed by atoms with Crippen molar-refractivity contribution in [2.75, 3.05) is 6.61 Å². The lowest BCUT2D eigenvalue weighted by Crippen LogP contribution is -2.44. The number of hydrogen-bond donors (Lipinski definition) is 1. The zero-order valence-corrected chi connectivity index (χ0v) is 13.5. The molecule has 0 radical (unpaired) electrons. The van der Waals surface area contributed by atoms with Crippen molar-refractivity contribution in [2.24, 2.45) is 0 Å². The van der Waals surface area contributed by atoms with Crippen molar-refractivity contribution in [3.63, 3.8) is 0 Å². The fraction of sp³-hybridized carbons (Fsp3) is 0.429. The molecule has 0 bridgehead atoms. The Morgan fingerprint density at radius 2 is 1.95 bits per heavy atom. The molecule has 4 nitrogen and oxygen atoms in total. The summed E-state index contributed by atoms with van der Waals surface area (Å²) >= 11 is 2.06. The average molecular weight is 375 g/mol. The fourth-order valence-corrected chi connectivity index (χ4v) is 1.95. The van der Waals surface area contributed by atoms with Crippen LogP contribution in [0.1, 0.15) is 37.6 Å². The van der Waals surface area contributed by atoms with E-state index in [1.165, 1.54) is 0 Å². The molecule has 0 saturated heterocycles. The predicted octanol–water partition coefficient (Wildman–Crippen LogP) is 2.75.